The van der Waals surface area contributed by atoms with Crippen molar-refractivity contribution in [3.63, 3.8) is 0 Å². The second kappa shape index (κ2) is 5.48. The van der Waals surface area contributed by atoms with E-state index in [9.17, 15) is 4.79 Å². The van der Waals surface area contributed by atoms with Crippen molar-refractivity contribution in [3.05, 3.63) is 18.2 Å². The zero-order chi connectivity index (χ0) is 14.8. The van der Waals surface area contributed by atoms with Crippen LogP contribution >= 0.6 is 0 Å². The number of anilines is 1. The molecule has 0 saturated carbocycles. The molecule has 6 heteroatoms. The van der Waals surface area contributed by atoms with E-state index in [4.69, 9.17) is 19.9 Å². The number of rotatable bonds is 2. The van der Waals surface area contributed by atoms with Crippen LogP contribution < -0.4 is 20.5 Å². The third kappa shape index (κ3) is 3.94. The fourth-order valence-corrected chi connectivity index (χ4v) is 1.74. The van der Waals surface area contributed by atoms with Gasteiger partial charge in [0.15, 0.2) is 17.6 Å². The molecule has 0 spiro atoms. The van der Waals surface area contributed by atoms with Crippen molar-refractivity contribution in [3.8, 4) is 11.5 Å². The lowest BCUT2D eigenvalue weighted by molar-refractivity contribution is 0.0453. The highest BCUT2D eigenvalue weighted by atomic mass is 16.6. The Labute approximate surface area is 118 Å². The standard InChI is InChI=1S/C14H20N2O4/c1-14(2,3)20-13(17)16-7-10-8-18-12-6-9(15)4-5-11(12)19-10/h4-6,10H,7-8,15H2,1-3H3,(H,16,17)/t10-/m1/s1. The van der Waals surface area contributed by atoms with Crippen LogP contribution in [0.15, 0.2) is 18.2 Å². The number of nitrogens with one attached hydrogen (secondary N) is 1. The van der Waals surface area contributed by atoms with Crippen LogP contribution in [0.3, 0.4) is 0 Å². The van der Waals surface area contributed by atoms with Gasteiger partial charge < -0.3 is 25.3 Å². The van der Waals surface area contributed by atoms with Gasteiger partial charge in [-0.3, -0.25) is 0 Å². The molecular formula is C14H20N2O4. The Morgan fingerprint density at radius 2 is 2.20 bits per heavy atom. The highest BCUT2D eigenvalue weighted by Gasteiger charge is 2.23. The van der Waals surface area contributed by atoms with Gasteiger partial charge in [0.2, 0.25) is 0 Å². The molecule has 1 aromatic carbocycles. The molecule has 2 rings (SSSR count). The Hall–Kier alpha value is -2.11. The number of nitrogen functional groups attached to an aromatic ring is 1. The number of ether oxygens (including phenoxy) is 3. The van der Waals surface area contributed by atoms with Crippen LogP contribution in [0.25, 0.3) is 0 Å². The van der Waals surface area contributed by atoms with Gasteiger partial charge in [-0.05, 0) is 32.9 Å². The van der Waals surface area contributed by atoms with E-state index >= 15 is 0 Å². The molecule has 0 aromatic heterocycles. The summed E-state index contributed by atoms with van der Waals surface area (Å²) in [5.74, 6) is 1.25. The minimum atomic E-state index is -0.516. The minimum Gasteiger partial charge on any atom is -0.486 e. The number of benzene rings is 1. The Balaban J connectivity index is 1.85. The minimum absolute atomic E-state index is 0.251. The lowest BCUT2D eigenvalue weighted by Crippen LogP contribution is -2.42. The molecule has 1 heterocycles. The van der Waals surface area contributed by atoms with E-state index in [1.165, 1.54) is 0 Å². The number of fused-ring (bicyclic) bond motifs is 1. The summed E-state index contributed by atoms with van der Waals surface area (Å²) in [6.45, 7) is 6.11. The maximum absolute atomic E-state index is 11.5. The molecule has 1 aliphatic heterocycles. The molecule has 1 amide bonds. The molecule has 0 aliphatic carbocycles. The smallest absolute Gasteiger partial charge is 0.407 e. The SMILES string of the molecule is CC(C)(C)OC(=O)NC[C@@H]1COc2cc(N)ccc2O1. The average Bonchev–Trinajstić information content (AvgIpc) is 2.34. The van der Waals surface area contributed by atoms with Gasteiger partial charge in [0.25, 0.3) is 0 Å². The number of hydrogen-bond donors (Lipinski definition) is 2. The number of hydrogen-bond acceptors (Lipinski definition) is 5. The Morgan fingerprint density at radius 3 is 2.90 bits per heavy atom. The van der Waals surface area contributed by atoms with Crippen molar-refractivity contribution < 1.29 is 19.0 Å². The molecule has 0 unspecified atom stereocenters. The van der Waals surface area contributed by atoms with Gasteiger partial charge in [-0.1, -0.05) is 0 Å². The van der Waals surface area contributed by atoms with Crippen LogP contribution in [0.5, 0.6) is 11.5 Å². The van der Waals surface area contributed by atoms with Gasteiger partial charge >= 0.3 is 6.09 Å². The fraction of sp³-hybridized carbons (Fsp3) is 0.500. The van der Waals surface area contributed by atoms with E-state index in [1.807, 2.05) is 20.8 Å². The Bertz CT molecular complexity index is 496. The molecule has 1 atom stereocenters. The normalized spacial score (nSPS) is 17.4. The van der Waals surface area contributed by atoms with Crippen LogP contribution in [-0.4, -0.2) is 30.9 Å². The fourth-order valence-electron chi connectivity index (χ4n) is 1.74. The van der Waals surface area contributed by atoms with Crippen LogP contribution in [0.2, 0.25) is 0 Å². The Morgan fingerprint density at radius 1 is 1.45 bits per heavy atom. The predicted octanol–water partition coefficient (Wildman–Crippen LogP) is 1.93. The largest absolute Gasteiger partial charge is 0.486 e. The van der Waals surface area contributed by atoms with Crippen LogP contribution in [0, 0.1) is 0 Å². The predicted molar refractivity (Wildman–Crippen MR) is 75.0 cm³/mol. The van der Waals surface area contributed by atoms with Crippen LogP contribution in [0.1, 0.15) is 20.8 Å². The molecule has 110 valence electrons. The highest BCUT2D eigenvalue weighted by Crippen LogP contribution is 2.33. The number of carbonyl (C=O) groups excluding carboxylic acids is 1. The third-order valence-electron chi connectivity index (χ3n) is 2.56. The van der Waals surface area contributed by atoms with E-state index in [1.54, 1.807) is 18.2 Å². The van der Waals surface area contributed by atoms with Crippen molar-refractivity contribution in [2.45, 2.75) is 32.5 Å². The maximum atomic E-state index is 11.5. The monoisotopic (exact) mass is 280 g/mol. The van der Waals surface area contributed by atoms with E-state index in [2.05, 4.69) is 5.32 Å². The van der Waals surface area contributed by atoms with Gasteiger partial charge in [-0.15, -0.1) is 0 Å². The quantitative estimate of drug-likeness (QED) is 0.809. The summed E-state index contributed by atoms with van der Waals surface area (Å²) < 4.78 is 16.4. The molecular weight excluding hydrogens is 260 g/mol. The molecule has 3 N–H and O–H groups in total. The van der Waals surface area contributed by atoms with Crippen molar-refractivity contribution in [1.29, 1.82) is 0 Å². The zero-order valence-electron chi connectivity index (χ0n) is 11.9. The first kappa shape index (κ1) is 14.3. The van der Waals surface area contributed by atoms with E-state index < -0.39 is 11.7 Å². The topological polar surface area (TPSA) is 82.8 Å². The lowest BCUT2D eigenvalue weighted by Gasteiger charge is -2.27. The maximum Gasteiger partial charge on any atom is 0.407 e. The van der Waals surface area contributed by atoms with Crippen LogP contribution in [0.4, 0.5) is 10.5 Å². The molecule has 6 nitrogen and oxygen atoms in total. The number of alkyl carbamates (subject to hydrolysis) is 1. The first-order valence-corrected chi connectivity index (χ1v) is 6.49. The molecule has 1 aromatic rings. The van der Waals surface area contributed by atoms with Gasteiger partial charge in [-0.2, -0.15) is 0 Å². The summed E-state index contributed by atoms with van der Waals surface area (Å²) in [7, 11) is 0. The summed E-state index contributed by atoms with van der Waals surface area (Å²) in [5.41, 5.74) is 5.77. The lowest BCUT2D eigenvalue weighted by atomic mass is 10.2. The summed E-state index contributed by atoms with van der Waals surface area (Å²) in [5, 5.41) is 2.66. The van der Waals surface area contributed by atoms with Gasteiger partial charge in [-0.25, -0.2) is 4.79 Å². The van der Waals surface area contributed by atoms with Crippen LogP contribution in [-0.2, 0) is 4.74 Å². The molecule has 20 heavy (non-hydrogen) atoms. The van der Waals surface area contributed by atoms with Gasteiger partial charge in [0.05, 0.1) is 6.54 Å². The number of carbonyl (C=O) groups is 1. The molecule has 1 aliphatic rings. The Kier molecular flexibility index (Phi) is 3.92. The summed E-state index contributed by atoms with van der Waals surface area (Å²) in [6.07, 6.45) is -0.720. The molecule has 0 radical (unpaired) electrons. The van der Waals surface area contributed by atoms with Crippen molar-refractivity contribution in [1.82, 2.24) is 5.32 Å². The third-order valence-corrected chi connectivity index (χ3v) is 2.56. The van der Waals surface area contributed by atoms with Crippen molar-refractivity contribution in [2.75, 3.05) is 18.9 Å². The van der Waals surface area contributed by atoms with E-state index in [0.717, 1.165) is 0 Å². The molecule has 0 saturated heterocycles. The van der Waals surface area contributed by atoms with Gasteiger partial charge in [0.1, 0.15) is 12.2 Å². The van der Waals surface area contributed by atoms with E-state index in [-0.39, 0.29) is 6.10 Å². The first-order valence-electron chi connectivity index (χ1n) is 6.49. The number of nitrogens with two attached hydrogens (primary N) is 1. The number of amides is 1. The second-order valence-electron chi connectivity index (χ2n) is 5.64. The van der Waals surface area contributed by atoms with Crippen molar-refractivity contribution >= 4 is 11.8 Å². The average molecular weight is 280 g/mol. The summed E-state index contributed by atoms with van der Waals surface area (Å²) in [4.78, 5) is 11.5. The van der Waals surface area contributed by atoms with E-state index in [0.29, 0.717) is 30.3 Å². The zero-order valence-corrected chi connectivity index (χ0v) is 11.9. The highest BCUT2D eigenvalue weighted by molar-refractivity contribution is 5.67. The van der Waals surface area contributed by atoms with Crippen molar-refractivity contribution in [2.24, 2.45) is 0 Å². The summed E-state index contributed by atoms with van der Waals surface area (Å²) in [6, 6.07) is 5.21. The van der Waals surface area contributed by atoms with Gasteiger partial charge in [0, 0.05) is 11.8 Å². The first-order chi connectivity index (χ1) is 9.33. The second-order valence-corrected chi connectivity index (χ2v) is 5.64. The summed E-state index contributed by atoms with van der Waals surface area (Å²) >= 11 is 0. The molecule has 0 bridgehead atoms. The molecule has 0 fully saturated rings.